The number of fused-ring (bicyclic) bond motifs is 1. The van der Waals surface area contributed by atoms with Crippen LogP contribution in [0, 0.1) is 5.92 Å². The topological polar surface area (TPSA) is 69.6 Å². The highest BCUT2D eigenvalue weighted by Crippen LogP contribution is 2.29. The second-order valence-electron chi connectivity index (χ2n) is 9.00. The molecule has 1 unspecified atom stereocenters. The number of hydrogen-bond donors (Lipinski definition) is 1. The molecule has 0 aliphatic carbocycles. The Kier molecular flexibility index (Phi) is 8.74. The molecule has 0 saturated carbocycles. The van der Waals surface area contributed by atoms with Gasteiger partial charge in [0.05, 0.1) is 19.8 Å². The molecule has 6 heteroatoms. The number of esters is 1. The summed E-state index contributed by atoms with van der Waals surface area (Å²) in [7, 11) is 4.95. The summed E-state index contributed by atoms with van der Waals surface area (Å²) in [5, 5.41) is 4.13. The number of carbonyl (C=O) groups is 2. The van der Waals surface area contributed by atoms with Crippen molar-refractivity contribution < 1.29 is 19.1 Å². The molecule has 1 N–H and O–H groups in total. The third-order valence-electron chi connectivity index (χ3n) is 6.33. The van der Waals surface area contributed by atoms with Gasteiger partial charge in [-0.3, -0.25) is 4.79 Å². The first-order valence-electron chi connectivity index (χ1n) is 12.0. The Morgan fingerprint density at radius 2 is 1.79 bits per heavy atom. The number of rotatable bonds is 11. The quantitative estimate of drug-likeness (QED) is 0.300. The molecule has 3 rings (SSSR count). The highest BCUT2D eigenvalue weighted by molar-refractivity contribution is 5.99. The first-order valence-corrected chi connectivity index (χ1v) is 12.0. The molecule has 2 aromatic carbocycles. The lowest BCUT2D eigenvalue weighted by Crippen LogP contribution is -2.28. The first-order chi connectivity index (χ1) is 16.4. The molecule has 0 radical (unpaired) electrons. The Balaban J connectivity index is 1.80. The number of ether oxygens (including phenoxy) is 2. The molecular weight excluding hydrogens is 428 g/mol. The Morgan fingerprint density at radius 1 is 1.03 bits per heavy atom. The van der Waals surface area contributed by atoms with Crippen molar-refractivity contribution >= 4 is 22.8 Å². The maximum atomic E-state index is 12.8. The number of benzene rings is 2. The highest BCUT2D eigenvalue weighted by atomic mass is 16.5. The van der Waals surface area contributed by atoms with E-state index < -0.39 is 5.97 Å². The fraction of sp³-hybridized carbons (Fsp3) is 0.429. The van der Waals surface area contributed by atoms with Crippen LogP contribution in [0.4, 0.5) is 0 Å². The molecule has 1 atom stereocenters. The van der Waals surface area contributed by atoms with Crippen LogP contribution in [0.2, 0.25) is 0 Å². The van der Waals surface area contributed by atoms with Crippen molar-refractivity contribution in [2.24, 2.45) is 13.0 Å². The van der Waals surface area contributed by atoms with Crippen LogP contribution in [0.25, 0.3) is 10.9 Å². The summed E-state index contributed by atoms with van der Waals surface area (Å²) in [5.74, 6) is 0.655. The number of unbranched alkanes of at least 4 members (excludes halogenated alkanes) is 2. The molecule has 0 bridgehead atoms. The van der Waals surface area contributed by atoms with E-state index in [0.29, 0.717) is 35.8 Å². The number of aromatic nitrogens is 1. The van der Waals surface area contributed by atoms with Crippen molar-refractivity contribution in [2.45, 2.75) is 46.0 Å². The minimum absolute atomic E-state index is 0.0425. The van der Waals surface area contributed by atoms with Gasteiger partial charge < -0.3 is 19.4 Å². The van der Waals surface area contributed by atoms with E-state index in [4.69, 9.17) is 9.47 Å². The molecule has 0 saturated heterocycles. The summed E-state index contributed by atoms with van der Waals surface area (Å²) in [6.07, 6.45) is 7.47. The Bertz CT molecular complexity index is 1150. The van der Waals surface area contributed by atoms with Crippen LogP contribution in [0.1, 0.15) is 71.4 Å². The van der Waals surface area contributed by atoms with Crippen LogP contribution >= 0.6 is 0 Å². The average molecular weight is 465 g/mol. The molecule has 0 fully saturated rings. The molecule has 1 heterocycles. The predicted octanol–water partition coefficient (Wildman–Crippen LogP) is 5.51. The summed E-state index contributed by atoms with van der Waals surface area (Å²) in [5.41, 5.74) is 4.21. The van der Waals surface area contributed by atoms with E-state index >= 15 is 0 Å². The van der Waals surface area contributed by atoms with Crippen LogP contribution in [-0.4, -0.2) is 37.2 Å². The molecule has 0 aliphatic rings. The summed E-state index contributed by atoms with van der Waals surface area (Å²) in [6.45, 7) is 5.08. The van der Waals surface area contributed by atoms with E-state index in [1.54, 1.807) is 19.2 Å². The van der Waals surface area contributed by atoms with Crippen molar-refractivity contribution in [3.8, 4) is 5.75 Å². The van der Waals surface area contributed by atoms with Crippen molar-refractivity contribution in [1.82, 2.24) is 9.88 Å². The van der Waals surface area contributed by atoms with Gasteiger partial charge in [0, 0.05) is 42.7 Å². The molecular formula is C28H36N2O4. The van der Waals surface area contributed by atoms with Gasteiger partial charge in [-0.15, -0.1) is 0 Å². The Hall–Kier alpha value is -3.28. The number of methoxy groups -OCH3 is 2. The number of nitrogens with zero attached hydrogens (tertiary/aromatic N) is 1. The molecule has 0 aliphatic heterocycles. The minimum atomic E-state index is -0.398. The summed E-state index contributed by atoms with van der Waals surface area (Å²) in [4.78, 5) is 24.7. The number of nitrogens with one attached hydrogen (secondary N) is 1. The second kappa shape index (κ2) is 11.7. The van der Waals surface area contributed by atoms with E-state index in [-0.39, 0.29) is 5.91 Å². The number of hydrogen-bond acceptors (Lipinski definition) is 4. The number of carbonyl (C=O) groups excluding carboxylic acids is 2. The van der Waals surface area contributed by atoms with E-state index in [1.165, 1.54) is 26.4 Å². The molecule has 1 aromatic heterocycles. The van der Waals surface area contributed by atoms with Crippen molar-refractivity contribution in [1.29, 1.82) is 0 Å². The van der Waals surface area contributed by atoms with E-state index in [2.05, 4.69) is 29.9 Å². The predicted molar refractivity (Wildman–Crippen MR) is 136 cm³/mol. The van der Waals surface area contributed by atoms with Crippen molar-refractivity contribution in [3.05, 3.63) is 64.8 Å². The SMILES string of the molecule is CCCCCC(C)CNC(=O)c1ccc2c(c1)c(Cc1ccc(C(=O)OC)cc1OC)cn2C. The maximum Gasteiger partial charge on any atom is 0.337 e. The van der Waals surface area contributed by atoms with Crippen molar-refractivity contribution in [3.63, 3.8) is 0 Å². The van der Waals surface area contributed by atoms with Gasteiger partial charge in [0.25, 0.3) is 5.91 Å². The molecule has 0 spiro atoms. The lowest BCUT2D eigenvalue weighted by atomic mass is 10.0. The van der Waals surface area contributed by atoms with Gasteiger partial charge in [0.2, 0.25) is 0 Å². The van der Waals surface area contributed by atoms with Crippen LogP contribution in [0.3, 0.4) is 0 Å². The van der Waals surface area contributed by atoms with Crippen molar-refractivity contribution in [2.75, 3.05) is 20.8 Å². The Morgan fingerprint density at radius 3 is 2.50 bits per heavy atom. The molecule has 3 aromatic rings. The maximum absolute atomic E-state index is 12.8. The van der Waals surface area contributed by atoms with E-state index in [1.807, 2.05) is 31.3 Å². The van der Waals surface area contributed by atoms with Gasteiger partial charge in [-0.05, 0) is 53.8 Å². The second-order valence-corrected chi connectivity index (χ2v) is 9.00. The van der Waals surface area contributed by atoms with Crippen LogP contribution in [0.5, 0.6) is 5.75 Å². The van der Waals surface area contributed by atoms with E-state index in [0.717, 1.165) is 28.5 Å². The zero-order valence-electron chi connectivity index (χ0n) is 20.9. The zero-order chi connectivity index (χ0) is 24.7. The lowest BCUT2D eigenvalue weighted by Gasteiger charge is -2.13. The van der Waals surface area contributed by atoms with Gasteiger partial charge in [-0.25, -0.2) is 4.79 Å². The molecule has 6 nitrogen and oxygen atoms in total. The highest BCUT2D eigenvalue weighted by Gasteiger charge is 2.16. The summed E-state index contributed by atoms with van der Waals surface area (Å²) < 4.78 is 12.4. The zero-order valence-corrected chi connectivity index (χ0v) is 20.9. The van der Waals surface area contributed by atoms with Crippen LogP contribution < -0.4 is 10.1 Å². The summed E-state index contributed by atoms with van der Waals surface area (Å²) in [6, 6.07) is 11.2. The number of amides is 1. The fourth-order valence-electron chi connectivity index (χ4n) is 4.31. The van der Waals surface area contributed by atoms with Gasteiger partial charge in [-0.1, -0.05) is 39.2 Å². The standard InChI is InChI=1S/C28H36N2O4/c1-6-7-8-9-19(2)17-29-27(31)21-12-13-25-24(15-21)23(18-30(25)3)14-20-10-11-22(28(32)34-5)16-26(20)33-4/h10-13,15-16,18-19H,6-9,14,17H2,1-5H3,(H,29,31). The normalized spacial score (nSPS) is 11.9. The van der Waals surface area contributed by atoms with Crippen LogP contribution in [-0.2, 0) is 18.2 Å². The van der Waals surface area contributed by atoms with Gasteiger partial charge in [0.1, 0.15) is 5.75 Å². The monoisotopic (exact) mass is 464 g/mol. The smallest absolute Gasteiger partial charge is 0.337 e. The fourth-order valence-corrected chi connectivity index (χ4v) is 4.31. The lowest BCUT2D eigenvalue weighted by molar-refractivity contribution is 0.0600. The molecule has 1 amide bonds. The average Bonchev–Trinajstić information content (AvgIpc) is 3.16. The third kappa shape index (κ3) is 5.99. The van der Waals surface area contributed by atoms with Gasteiger partial charge in [0.15, 0.2) is 0 Å². The number of aryl methyl sites for hydroxylation is 1. The van der Waals surface area contributed by atoms with Gasteiger partial charge >= 0.3 is 5.97 Å². The van der Waals surface area contributed by atoms with Crippen LogP contribution in [0.15, 0.2) is 42.6 Å². The summed E-state index contributed by atoms with van der Waals surface area (Å²) >= 11 is 0. The Labute approximate surface area is 202 Å². The first kappa shape index (κ1) is 25.3. The third-order valence-corrected chi connectivity index (χ3v) is 6.33. The van der Waals surface area contributed by atoms with Gasteiger partial charge in [-0.2, -0.15) is 0 Å². The molecule has 34 heavy (non-hydrogen) atoms. The largest absolute Gasteiger partial charge is 0.496 e. The molecule has 182 valence electrons. The van der Waals surface area contributed by atoms with E-state index in [9.17, 15) is 9.59 Å². The minimum Gasteiger partial charge on any atom is -0.496 e.